The van der Waals surface area contributed by atoms with E-state index in [0.717, 1.165) is 21.3 Å². The second kappa shape index (κ2) is 9.10. The summed E-state index contributed by atoms with van der Waals surface area (Å²) < 4.78 is 11.8. The van der Waals surface area contributed by atoms with Gasteiger partial charge in [0.15, 0.2) is 0 Å². The van der Waals surface area contributed by atoms with Crippen molar-refractivity contribution in [3.05, 3.63) is 87.2 Å². The minimum absolute atomic E-state index is 0.128. The van der Waals surface area contributed by atoms with Crippen LogP contribution in [0, 0.1) is 5.92 Å². The zero-order chi connectivity index (χ0) is 22.0. The molecule has 2 unspecified atom stereocenters. The Labute approximate surface area is 190 Å². The van der Waals surface area contributed by atoms with E-state index in [9.17, 15) is 9.59 Å². The monoisotopic (exact) mass is 481 g/mol. The number of carbonyl (C=O) groups is 2. The molecule has 2 aliphatic rings. The number of nitrogens with one attached hydrogen (secondary N) is 1. The van der Waals surface area contributed by atoms with E-state index in [1.807, 2.05) is 55.5 Å². The number of fused-ring (bicyclic) bond motifs is 1. The predicted molar refractivity (Wildman–Crippen MR) is 121 cm³/mol. The standard InChI is InChI=1S/C25H24BrNO4/c1-15-22(25(29)31-14-16-7-4-3-5-8-16)23(17-11-12-21(30-2)18(26)13-17)24-19(27-15)9-6-10-20(24)28/h3-5,7-9,11-13,23-24,27H,6,10,14H2,1-2H3. The molecule has 2 aromatic carbocycles. The number of halogens is 1. The van der Waals surface area contributed by atoms with E-state index in [1.54, 1.807) is 7.11 Å². The van der Waals surface area contributed by atoms with Gasteiger partial charge >= 0.3 is 5.97 Å². The lowest BCUT2D eigenvalue weighted by Crippen LogP contribution is -2.40. The maximum Gasteiger partial charge on any atom is 0.336 e. The van der Waals surface area contributed by atoms with Gasteiger partial charge in [-0.2, -0.15) is 0 Å². The van der Waals surface area contributed by atoms with Crippen LogP contribution < -0.4 is 10.1 Å². The van der Waals surface area contributed by atoms with Crippen LogP contribution in [-0.2, 0) is 20.9 Å². The van der Waals surface area contributed by atoms with Gasteiger partial charge in [0.25, 0.3) is 0 Å². The Balaban J connectivity index is 1.74. The van der Waals surface area contributed by atoms with Crippen molar-refractivity contribution < 1.29 is 19.1 Å². The zero-order valence-corrected chi connectivity index (χ0v) is 19.1. The van der Waals surface area contributed by atoms with Gasteiger partial charge in [0.2, 0.25) is 0 Å². The first-order valence-corrected chi connectivity index (χ1v) is 11.0. The molecule has 0 saturated carbocycles. The molecule has 1 heterocycles. The number of methoxy groups -OCH3 is 1. The average molecular weight is 482 g/mol. The number of benzene rings is 2. The van der Waals surface area contributed by atoms with Gasteiger partial charge < -0.3 is 14.8 Å². The topological polar surface area (TPSA) is 64.6 Å². The number of esters is 1. The summed E-state index contributed by atoms with van der Waals surface area (Å²) in [6.07, 6.45) is 3.24. The molecule has 0 bridgehead atoms. The van der Waals surface area contributed by atoms with Gasteiger partial charge in [-0.05, 0) is 52.5 Å². The summed E-state index contributed by atoms with van der Waals surface area (Å²) in [6.45, 7) is 2.04. The van der Waals surface area contributed by atoms with Gasteiger partial charge in [0, 0.05) is 23.7 Å². The Kier molecular flexibility index (Phi) is 6.28. The van der Waals surface area contributed by atoms with Crippen molar-refractivity contribution in [1.82, 2.24) is 5.32 Å². The molecule has 1 aliphatic carbocycles. The van der Waals surface area contributed by atoms with Crippen molar-refractivity contribution in [3.8, 4) is 5.75 Å². The maximum atomic E-state index is 13.3. The van der Waals surface area contributed by atoms with Gasteiger partial charge in [-0.25, -0.2) is 4.79 Å². The highest BCUT2D eigenvalue weighted by molar-refractivity contribution is 9.10. The van der Waals surface area contributed by atoms with E-state index in [0.29, 0.717) is 29.9 Å². The SMILES string of the molecule is COc1ccc(C2C(C(=O)OCc3ccccc3)=C(C)NC3=CCCC(=O)C32)cc1Br. The highest BCUT2D eigenvalue weighted by Gasteiger charge is 2.43. The molecule has 31 heavy (non-hydrogen) atoms. The Bertz CT molecular complexity index is 1070. The first-order chi connectivity index (χ1) is 15.0. The normalized spacial score (nSPS) is 20.5. The van der Waals surface area contributed by atoms with Crippen LogP contribution in [0.2, 0.25) is 0 Å². The van der Waals surface area contributed by atoms with Crippen LogP contribution in [0.15, 0.2) is 76.0 Å². The Morgan fingerprint density at radius 1 is 1.16 bits per heavy atom. The number of rotatable bonds is 5. The molecule has 2 atom stereocenters. The molecule has 0 saturated heterocycles. The van der Waals surface area contributed by atoms with Gasteiger partial charge in [-0.15, -0.1) is 0 Å². The second-order valence-corrected chi connectivity index (χ2v) is 8.59. The molecule has 0 amide bonds. The van der Waals surface area contributed by atoms with Crippen molar-refractivity contribution in [3.63, 3.8) is 0 Å². The molecule has 1 N–H and O–H groups in total. The molecule has 4 rings (SSSR count). The van der Waals surface area contributed by atoms with Crippen LogP contribution in [0.4, 0.5) is 0 Å². The number of Topliss-reactive ketones (excluding diaryl/α,β-unsaturated/α-hetero) is 1. The van der Waals surface area contributed by atoms with Gasteiger partial charge in [-0.1, -0.05) is 42.5 Å². The fourth-order valence-corrected chi connectivity index (χ4v) is 4.88. The van der Waals surface area contributed by atoms with E-state index < -0.39 is 17.8 Å². The summed E-state index contributed by atoms with van der Waals surface area (Å²) in [5, 5.41) is 3.30. The van der Waals surface area contributed by atoms with E-state index >= 15 is 0 Å². The summed E-state index contributed by atoms with van der Waals surface area (Å²) in [6, 6.07) is 15.2. The summed E-state index contributed by atoms with van der Waals surface area (Å²) in [5.74, 6) is -0.453. The minimum atomic E-state index is -0.433. The number of carbonyl (C=O) groups excluding carboxylic acids is 2. The van der Waals surface area contributed by atoms with Crippen molar-refractivity contribution in [1.29, 1.82) is 0 Å². The second-order valence-electron chi connectivity index (χ2n) is 7.74. The van der Waals surface area contributed by atoms with E-state index in [1.165, 1.54) is 0 Å². The van der Waals surface area contributed by atoms with Crippen molar-refractivity contribution in [2.75, 3.05) is 7.11 Å². The summed E-state index contributed by atoms with van der Waals surface area (Å²) in [4.78, 5) is 26.3. The number of hydrogen-bond donors (Lipinski definition) is 1. The molecule has 2 aromatic rings. The minimum Gasteiger partial charge on any atom is -0.496 e. The number of hydrogen-bond acceptors (Lipinski definition) is 5. The third-order valence-electron chi connectivity index (χ3n) is 5.78. The molecular weight excluding hydrogens is 458 g/mol. The lowest BCUT2D eigenvalue weighted by molar-refractivity contribution is -0.141. The van der Waals surface area contributed by atoms with Crippen LogP contribution in [-0.4, -0.2) is 18.9 Å². The number of allylic oxidation sites excluding steroid dienone is 3. The third kappa shape index (κ3) is 4.30. The largest absolute Gasteiger partial charge is 0.496 e. The van der Waals surface area contributed by atoms with E-state index in [2.05, 4.69) is 27.3 Å². The van der Waals surface area contributed by atoms with Crippen LogP contribution in [0.1, 0.15) is 36.8 Å². The molecule has 0 spiro atoms. The van der Waals surface area contributed by atoms with Crippen LogP contribution in [0.5, 0.6) is 5.75 Å². The predicted octanol–water partition coefficient (Wildman–Crippen LogP) is 5.02. The summed E-state index contributed by atoms with van der Waals surface area (Å²) >= 11 is 3.54. The van der Waals surface area contributed by atoms with E-state index in [4.69, 9.17) is 9.47 Å². The molecule has 5 nitrogen and oxygen atoms in total. The average Bonchev–Trinajstić information content (AvgIpc) is 2.77. The Morgan fingerprint density at radius 3 is 2.65 bits per heavy atom. The quantitative estimate of drug-likeness (QED) is 0.607. The fourth-order valence-electron chi connectivity index (χ4n) is 4.32. The molecule has 0 radical (unpaired) electrons. The zero-order valence-electron chi connectivity index (χ0n) is 17.5. The molecular formula is C25H24BrNO4. The molecule has 6 heteroatoms. The Hall–Kier alpha value is -2.86. The van der Waals surface area contributed by atoms with Gasteiger partial charge in [0.05, 0.1) is 23.1 Å². The molecule has 160 valence electrons. The van der Waals surface area contributed by atoms with Crippen molar-refractivity contribution in [2.24, 2.45) is 5.92 Å². The van der Waals surface area contributed by atoms with Crippen LogP contribution in [0.3, 0.4) is 0 Å². The molecule has 1 aliphatic heterocycles. The fraction of sp³-hybridized carbons (Fsp3) is 0.280. The third-order valence-corrected chi connectivity index (χ3v) is 6.40. The highest BCUT2D eigenvalue weighted by Crippen LogP contribution is 2.45. The van der Waals surface area contributed by atoms with Gasteiger partial charge in [0.1, 0.15) is 18.1 Å². The summed E-state index contributed by atoms with van der Waals surface area (Å²) in [7, 11) is 1.60. The first kappa shape index (κ1) is 21.4. The lowest BCUT2D eigenvalue weighted by Gasteiger charge is -2.38. The van der Waals surface area contributed by atoms with Crippen molar-refractivity contribution in [2.45, 2.75) is 32.3 Å². The first-order valence-electron chi connectivity index (χ1n) is 10.2. The summed E-state index contributed by atoms with van der Waals surface area (Å²) in [5.41, 5.74) is 3.85. The van der Waals surface area contributed by atoms with Crippen molar-refractivity contribution >= 4 is 27.7 Å². The van der Waals surface area contributed by atoms with Crippen LogP contribution >= 0.6 is 15.9 Å². The number of ketones is 1. The van der Waals surface area contributed by atoms with Gasteiger partial charge in [-0.3, -0.25) is 4.79 Å². The van der Waals surface area contributed by atoms with E-state index in [-0.39, 0.29) is 12.4 Å². The smallest absolute Gasteiger partial charge is 0.336 e. The molecule has 0 fully saturated rings. The Morgan fingerprint density at radius 2 is 1.94 bits per heavy atom. The lowest BCUT2D eigenvalue weighted by atomic mass is 9.71. The number of ether oxygens (including phenoxy) is 2. The molecule has 0 aromatic heterocycles. The van der Waals surface area contributed by atoms with Crippen LogP contribution in [0.25, 0.3) is 0 Å². The maximum absolute atomic E-state index is 13.3. The highest BCUT2D eigenvalue weighted by atomic mass is 79.9.